The van der Waals surface area contributed by atoms with E-state index in [-0.39, 0.29) is 0 Å². The molecule has 0 fully saturated rings. The summed E-state index contributed by atoms with van der Waals surface area (Å²) >= 11 is 0. The van der Waals surface area contributed by atoms with Crippen molar-refractivity contribution in [1.82, 2.24) is 5.32 Å². The molecule has 0 aromatic heterocycles. The normalized spacial score (nSPS) is 14.6. The number of nitrogens with one attached hydrogen (secondary N) is 1. The van der Waals surface area contributed by atoms with Crippen LogP contribution in [0.25, 0.3) is 5.70 Å². The van der Waals surface area contributed by atoms with Gasteiger partial charge in [-0.1, -0.05) is 36.4 Å². The number of allylic oxidation sites excluding steroid dienone is 4. The van der Waals surface area contributed by atoms with E-state index in [1.807, 2.05) is 48.7 Å². The molecule has 1 radical (unpaired) electrons. The molecule has 63 valence electrons. The van der Waals surface area contributed by atoms with E-state index in [4.69, 9.17) is 0 Å². The molecule has 0 atom stereocenters. The Kier molecular flexibility index (Phi) is 2.28. The van der Waals surface area contributed by atoms with Gasteiger partial charge in [-0.25, -0.2) is 0 Å². The summed E-state index contributed by atoms with van der Waals surface area (Å²) in [5.74, 6) is 0. The molecular weight excluding hydrogens is 158 g/mol. The molecule has 0 saturated carbocycles. The zero-order valence-corrected chi connectivity index (χ0v) is 7.20. The molecule has 1 aromatic rings. The van der Waals surface area contributed by atoms with Gasteiger partial charge in [0.2, 0.25) is 0 Å². The van der Waals surface area contributed by atoms with Crippen LogP contribution in [0.2, 0.25) is 0 Å². The van der Waals surface area contributed by atoms with E-state index in [0.29, 0.717) is 0 Å². The van der Waals surface area contributed by atoms with Gasteiger partial charge in [-0.05, 0) is 23.8 Å². The van der Waals surface area contributed by atoms with Gasteiger partial charge >= 0.3 is 0 Å². The van der Waals surface area contributed by atoms with E-state index >= 15 is 0 Å². The van der Waals surface area contributed by atoms with Crippen molar-refractivity contribution in [2.75, 3.05) is 0 Å². The number of hydrogen-bond donors (Lipinski definition) is 1. The highest BCUT2D eigenvalue weighted by Gasteiger charge is 1.96. The fourth-order valence-electron chi connectivity index (χ4n) is 1.20. The van der Waals surface area contributed by atoms with Crippen molar-refractivity contribution in [3.63, 3.8) is 0 Å². The lowest BCUT2D eigenvalue weighted by molar-refractivity contribution is 1.22. The zero-order valence-electron chi connectivity index (χ0n) is 7.20. The summed E-state index contributed by atoms with van der Waals surface area (Å²) in [6.07, 6.45) is 9.96. The highest BCUT2D eigenvalue weighted by Crippen LogP contribution is 2.11. The van der Waals surface area contributed by atoms with E-state index in [2.05, 4.69) is 17.5 Å². The summed E-state index contributed by atoms with van der Waals surface area (Å²) in [5.41, 5.74) is 2.29. The second kappa shape index (κ2) is 3.76. The van der Waals surface area contributed by atoms with Crippen LogP contribution in [0, 0.1) is 6.07 Å². The van der Waals surface area contributed by atoms with Gasteiger partial charge in [0, 0.05) is 11.9 Å². The largest absolute Gasteiger partial charge is 0.361 e. The number of rotatable bonds is 1. The van der Waals surface area contributed by atoms with Crippen LogP contribution in [0.4, 0.5) is 0 Å². The molecule has 0 amide bonds. The molecule has 1 N–H and O–H groups in total. The Hall–Kier alpha value is -1.76. The van der Waals surface area contributed by atoms with E-state index in [1.165, 1.54) is 5.56 Å². The first-order chi connectivity index (χ1) is 6.47. The van der Waals surface area contributed by atoms with Gasteiger partial charge in [-0.3, -0.25) is 0 Å². The van der Waals surface area contributed by atoms with E-state index in [1.54, 1.807) is 0 Å². The molecule has 1 aromatic carbocycles. The second-order valence-corrected chi connectivity index (χ2v) is 2.76. The first-order valence-electron chi connectivity index (χ1n) is 4.23. The van der Waals surface area contributed by atoms with Crippen molar-refractivity contribution in [2.45, 2.75) is 0 Å². The Morgan fingerprint density at radius 1 is 1.00 bits per heavy atom. The van der Waals surface area contributed by atoms with Crippen molar-refractivity contribution in [3.8, 4) is 0 Å². The Bertz CT molecular complexity index is 358. The van der Waals surface area contributed by atoms with Gasteiger partial charge < -0.3 is 5.32 Å². The lowest BCUT2D eigenvalue weighted by atomic mass is 10.1. The quantitative estimate of drug-likeness (QED) is 0.679. The zero-order chi connectivity index (χ0) is 8.93. The first-order valence-corrected chi connectivity index (χ1v) is 4.23. The SMILES string of the molecule is [c]1ccc(C2=CC=CC=CN2)cc1. The van der Waals surface area contributed by atoms with Crippen LogP contribution in [-0.4, -0.2) is 0 Å². The van der Waals surface area contributed by atoms with Crippen LogP contribution in [0.3, 0.4) is 0 Å². The molecule has 0 aliphatic carbocycles. The summed E-state index contributed by atoms with van der Waals surface area (Å²) < 4.78 is 0. The first kappa shape index (κ1) is 7.87. The Morgan fingerprint density at radius 2 is 1.85 bits per heavy atom. The van der Waals surface area contributed by atoms with Crippen LogP contribution in [0.15, 0.2) is 54.8 Å². The van der Waals surface area contributed by atoms with Crippen molar-refractivity contribution in [3.05, 3.63) is 66.4 Å². The Labute approximate surface area is 78.1 Å². The van der Waals surface area contributed by atoms with Gasteiger partial charge in [-0.2, -0.15) is 0 Å². The molecule has 1 heterocycles. The Balaban J connectivity index is 2.32. The molecule has 13 heavy (non-hydrogen) atoms. The average molecular weight is 168 g/mol. The van der Waals surface area contributed by atoms with Gasteiger partial charge in [0.05, 0.1) is 0 Å². The second-order valence-electron chi connectivity index (χ2n) is 2.76. The maximum Gasteiger partial charge on any atom is 0.0453 e. The minimum Gasteiger partial charge on any atom is -0.361 e. The highest BCUT2D eigenvalue weighted by molar-refractivity contribution is 5.66. The number of hydrogen-bond acceptors (Lipinski definition) is 1. The molecule has 1 heteroatoms. The molecule has 1 nitrogen and oxygen atoms in total. The summed E-state index contributed by atoms with van der Waals surface area (Å²) in [6.45, 7) is 0. The van der Waals surface area contributed by atoms with Gasteiger partial charge in [0.15, 0.2) is 0 Å². The third-order valence-corrected chi connectivity index (χ3v) is 1.85. The standard InChI is InChI=1S/C12H10N/c1-3-7-11(8-4-1)12-9-5-2-6-10-13-12/h2-10,13H. The fourth-order valence-corrected chi connectivity index (χ4v) is 1.20. The summed E-state index contributed by atoms with van der Waals surface area (Å²) in [4.78, 5) is 0. The van der Waals surface area contributed by atoms with Crippen molar-refractivity contribution >= 4 is 5.70 Å². The summed E-state index contributed by atoms with van der Waals surface area (Å²) in [5, 5.41) is 3.20. The molecule has 1 aliphatic heterocycles. The average Bonchev–Trinajstić information content (AvgIpc) is 2.47. The molecule has 1 aliphatic rings. The molecule has 2 rings (SSSR count). The van der Waals surface area contributed by atoms with Crippen molar-refractivity contribution in [2.24, 2.45) is 0 Å². The van der Waals surface area contributed by atoms with E-state index < -0.39 is 0 Å². The lowest BCUT2D eigenvalue weighted by Gasteiger charge is -2.04. The Morgan fingerprint density at radius 3 is 2.69 bits per heavy atom. The number of benzene rings is 1. The molecule has 0 saturated heterocycles. The van der Waals surface area contributed by atoms with Crippen LogP contribution >= 0.6 is 0 Å². The van der Waals surface area contributed by atoms with Crippen molar-refractivity contribution < 1.29 is 0 Å². The van der Waals surface area contributed by atoms with Crippen LogP contribution < -0.4 is 5.32 Å². The van der Waals surface area contributed by atoms with E-state index in [9.17, 15) is 0 Å². The topological polar surface area (TPSA) is 12.0 Å². The maximum absolute atomic E-state index is 3.20. The molecule has 0 bridgehead atoms. The van der Waals surface area contributed by atoms with Crippen molar-refractivity contribution in [1.29, 1.82) is 0 Å². The minimum atomic E-state index is 1.11. The predicted octanol–water partition coefficient (Wildman–Crippen LogP) is 2.50. The van der Waals surface area contributed by atoms with Crippen LogP contribution in [0.5, 0.6) is 0 Å². The summed E-state index contributed by atoms with van der Waals surface area (Å²) in [7, 11) is 0. The molecule has 0 unspecified atom stereocenters. The smallest absolute Gasteiger partial charge is 0.0453 e. The maximum atomic E-state index is 3.20. The fraction of sp³-hybridized carbons (Fsp3) is 0. The predicted molar refractivity (Wildman–Crippen MR) is 54.7 cm³/mol. The van der Waals surface area contributed by atoms with Gasteiger partial charge in [-0.15, -0.1) is 0 Å². The summed E-state index contributed by atoms with van der Waals surface area (Å²) in [6, 6.07) is 10.9. The molecular formula is C12H10N. The third kappa shape index (κ3) is 1.88. The van der Waals surface area contributed by atoms with Crippen LogP contribution in [0.1, 0.15) is 5.56 Å². The molecule has 0 spiro atoms. The third-order valence-electron chi connectivity index (χ3n) is 1.85. The van der Waals surface area contributed by atoms with E-state index in [0.717, 1.165) is 5.70 Å². The van der Waals surface area contributed by atoms with Crippen LogP contribution in [-0.2, 0) is 0 Å². The minimum absolute atomic E-state index is 1.11. The van der Waals surface area contributed by atoms with Gasteiger partial charge in [0.25, 0.3) is 0 Å². The highest BCUT2D eigenvalue weighted by atomic mass is 14.8. The van der Waals surface area contributed by atoms with Gasteiger partial charge in [0.1, 0.15) is 0 Å². The lowest BCUT2D eigenvalue weighted by Crippen LogP contribution is -2.02. The monoisotopic (exact) mass is 168 g/mol.